The Bertz CT molecular complexity index is 886. The van der Waals surface area contributed by atoms with Crippen molar-refractivity contribution in [1.82, 2.24) is 15.0 Å². The molecule has 3 rings (SSSR count). The Labute approximate surface area is 140 Å². The molecule has 2 aromatic heterocycles. The van der Waals surface area contributed by atoms with E-state index in [0.29, 0.717) is 16.0 Å². The molecule has 2 heterocycles. The minimum Gasteiger partial charge on any atom is -0.301 e. The molecule has 1 aromatic carbocycles. The number of benzene rings is 1. The number of aromatic amines is 1. The zero-order valence-electron chi connectivity index (χ0n) is 12.5. The predicted octanol–water partition coefficient (Wildman–Crippen LogP) is 2.81. The van der Waals surface area contributed by atoms with Crippen LogP contribution in [0.3, 0.4) is 0 Å². The smallest absolute Gasteiger partial charge is 0.251 e. The van der Waals surface area contributed by atoms with E-state index in [2.05, 4.69) is 20.3 Å². The fourth-order valence-corrected chi connectivity index (χ4v) is 3.69. The molecule has 0 fully saturated rings. The molecule has 0 aliphatic heterocycles. The SMILES string of the molecule is Cc1cc(=O)[nH]c(SC(C)C(=O)Nc2nc3ccccc3s2)n1. The molecule has 8 heteroatoms. The van der Waals surface area contributed by atoms with Gasteiger partial charge in [-0.3, -0.25) is 9.59 Å². The second kappa shape index (κ2) is 6.51. The van der Waals surface area contributed by atoms with E-state index in [1.165, 1.54) is 29.2 Å². The van der Waals surface area contributed by atoms with Gasteiger partial charge in [-0.1, -0.05) is 35.2 Å². The number of carbonyl (C=O) groups excluding carboxylic acids is 1. The molecule has 1 amide bonds. The molecule has 1 unspecified atom stereocenters. The van der Waals surface area contributed by atoms with Crippen molar-refractivity contribution in [1.29, 1.82) is 0 Å². The molecule has 118 valence electrons. The summed E-state index contributed by atoms with van der Waals surface area (Å²) in [5, 5.41) is 3.39. The van der Waals surface area contributed by atoms with Gasteiger partial charge in [0.05, 0.1) is 15.5 Å². The minimum atomic E-state index is -0.410. The van der Waals surface area contributed by atoms with Crippen LogP contribution in [0.25, 0.3) is 10.2 Å². The van der Waals surface area contributed by atoms with Gasteiger partial charge in [0.15, 0.2) is 10.3 Å². The summed E-state index contributed by atoms with van der Waals surface area (Å²) in [6, 6.07) is 9.12. The summed E-state index contributed by atoms with van der Waals surface area (Å²) >= 11 is 2.63. The van der Waals surface area contributed by atoms with Crippen LogP contribution in [0, 0.1) is 6.92 Å². The summed E-state index contributed by atoms with van der Waals surface area (Å²) in [5.41, 5.74) is 1.26. The third-order valence-corrected chi connectivity index (χ3v) is 4.97. The van der Waals surface area contributed by atoms with Gasteiger partial charge in [-0.05, 0) is 26.0 Å². The third kappa shape index (κ3) is 3.77. The van der Waals surface area contributed by atoms with Crippen molar-refractivity contribution in [2.45, 2.75) is 24.3 Å². The number of nitrogens with zero attached hydrogens (tertiary/aromatic N) is 2. The average Bonchev–Trinajstić information content (AvgIpc) is 2.88. The van der Waals surface area contributed by atoms with Crippen LogP contribution in [0.4, 0.5) is 5.13 Å². The molecule has 0 aliphatic carbocycles. The number of hydrogen-bond acceptors (Lipinski definition) is 6. The quantitative estimate of drug-likeness (QED) is 0.560. The van der Waals surface area contributed by atoms with Gasteiger partial charge in [-0.2, -0.15) is 0 Å². The molecule has 0 saturated heterocycles. The molecule has 23 heavy (non-hydrogen) atoms. The first kappa shape index (κ1) is 15.7. The monoisotopic (exact) mass is 346 g/mol. The van der Waals surface area contributed by atoms with Crippen molar-refractivity contribution in [3.8, 4) is 0 Å². The van der Waals surface area contributed by atoms with E-state index >= 15 is 0 Å². The van der Waals surface area contributed by atoms with E-state index in [4.69, 9.17) is 0 Å². The zero-order chi connectivity index (χ0) is 16.4. The first-order valence-corrected chi connectivity index (χ1v) is 8.62. The number of thiazole rings is 1. The van der Waals surface area contributed by atoms with Gasteiger partial charge < -0.3 is 10.3 Å². The first-order valence-electron chi connectivity index (χ1n) is 6.92. The molecule has 0 bridgehead atoms. The Balaban J connectivity index is 1.70. The lowest BCUT2D eigenvalue weighted by atomic mass is 10.3. The number of para-hydroxylation sites is 1. The van der Waals surface area contributed by atoms with Crippen LogP contribution in [0.5, 0.6) is 0 Å². The number of H-pyrrole nitrogens is 1. The molecule has 3 aromatic rings. The van der Waals surface area contributed by atoms with Crippen LogP contribution >= 0.6 is 23.1 Å². The summed E-state index contributed by atoms with van der Waals surface area (Å²) in [4.78, 5) is 34.9. The molecule has 2 N–H and O–H groups in total. The molecule has 0 radical (unpaired) electrons. The Kier molecular flexibility index (Phi) is 4.44. The van der Waals surface area contributed by atoms with E-state index in [-0.39, 0.29) is 11.5 Å². The van der Waals surface area contributed by atoms with E-state index in [0.717, 1.165) is 10.2 Å². The number of thioether (sulfide) groups is 1. The van der Waals surface area contributed by atoms with Crippen molar-refractivity contribution in [2.24, 2.45) is 0 Å². The lowest BCUT2D eigenvalue weighted by Gasteiger charge is -2.09. The lowest BCUT2D eigenvalue weighted by Crippen LogP contribution is -2.23. The topological polar surface area (TPSA) is 87.7 Å². The minimum absolute atomic E-state index is 0.182. The van der Waals surface area contributed by atoms with Crippen LogP contribution in [-0.2, 0) is 4.79 Å². The number of aromatic nitrogens is 3. The molecule has 1 atom stereocenters. The maximum atomic E-state index is 12.3. The van der Waals surface area contributed by atoms with Crippen molar-refractivity contribution in [3.05, 3.63) is 46.4 Å². The number of fused-ring (bicyclic) bond motifs is 1. The van der Waals surface area contributed by atoms with Crippen LogP contribution in [-0.4, -0.2) is 26.1 Å². The molecule has 0 aliphatic rings. The van der Waals surface area contributed by atoms with Crippen molar-refractivity contribution in [3.63, 3.8) is 0 Å². The van der Waals surface area contributed by atoms with Crippen molar-refractivity contribution in [2.75, 3.05) is 5.32 Å². The Morgan fingerprint density at radius 3 is 2.87 bits per heavy atom. The number of nitrogens with one attached hydrogen (secondary N) is 2. The van der Waals surface area contributed by atoms with E-state index in [1.807, 2.05) is 24.3 Å². The summed E-state index contributed by atoms with van der Waals surface area (Å²) in [6.45, 7) is 3.50. The number of hydrogen-bond donors (Lipinski definition) is 2. The summed E-state index contributed by atoms with van der Waals surface area (Å²) in [7, 11) is 0. The van der Waals surface area contributed by atoms with Gasteiger partial charge in [-0.25, -0.2) is 9.97 Å². The Morgan fingerprint density at radius 1 is 1.35 bits per heavy atom. The second-order valence-electron chi connectivity index (χ2n) is 4.93. The predicted molar refractivity (Wildman–Crippen MR) is 93.2 cm³/mol. The Hall–Kier alpha value is -2.19. The van der Waals surface area contributed by atoms with E-state index in [1.54, 1.807) is 13.8 Å². The summed E-state index contributed by atoms with van der Waals surface area (Å²) in [5.74, 6) is -0.182. The number of rotatable bonds is 4. The van der Waals surface area contributed by atoms with Crippen LogP contribution in [0.15, 0.2) is 40.3 Å². The summed E-state index contributed by atoms with van der Waals surface area (Å²) in [6.07, 6.45) is 0. The highest BCUT2D eigenvalue weighted by molar-refractivity contribution is 8.00. The van der Waals surface area contributed by atoms with E-state index < -0.39 is 5.25 Å². The first-order chi connectivity index (χ1) is 11.0. The van der Waals surface area contributed by atoms with Gasteiger partial charge in [0, 0.05) is 11.8 Å². The van der Waals surface area contributed by atoms with Gasteiger partial charge in [0.25, 0.3) is 5.56 Å². The van der Waals surface area contributed by atoms with Gasteiger partial charge >= 0.3 is 0 Å². The van der Waals surface area contributed by atoms with Crippen LogP contribution < -0.4 is 10.9 Å². The molecular weight excluding hydrogens is 332 g/mol. The Morgan fingerprint density at radius 2 is 2.13 bits per heavy atom. The highest BCUT2D eigenvalue weighted by Gasteiger charge is 2.17. The fraction of sp³-hybridized carbons (Fsp3) is 0.200. The third-order valence-electron chi connectivity index (χ3n) is 3.03. The molecule has 6 nitrogen and oxygen atoms in total. The average molecular weight is 346 g/mol. The number of anilines is 1. The standard InChI is InChI=1S/C15H14N4O2S2/c1-8-7-12(20)18-14(16-8)22-9(2)13(21)19-15-17-10-5-3-4-6-11(10)23-15/h3-7,9H,1-2H3,(H,16,18,20)(H,17,19,21). The van der Waals surface area contributed by atoms with Crippen LogP contribution in [0.2, 0.25) is 0 Å². The zero-order valence-corrected chi connectivity index (χ0v) is 14.1. The normalized spacial score (nSPS) is 12.3. The van der Waals surface area contributed by atoms with E-state index in [9.17, 15) is 9.59 Å². The number of aryl methyl sites for hydroxylation is 1. The van der Waals surface area contributed by atoms with Gasteiger partial charge in [-0.15, -0.1) is 0 Å². The number of amides is 1. The van der Waals surface area contributed by atoms with Crippen LogP contribution in [0.1, 0.15) is 12.6 Å². The molecule has 0 spiro atoms. The van der Waals surface area contributed by atoms with Gasteiger partial charge in [0.1, 0.15) is 0 Å². The largest absolute Gasteiger partial charge is 0.301 e. The number of carbonyl (C=O) groups is 1. The van der Waals surface area contributed by atoms with Gasteiger partial charge in [0.2, 0.25) is 5.91 Å². The van der Waals surface area contributed by atoms with Crippen molar-refractivity contribution >= 4 is 44.4 Å². The lowest BCUT2D eigenvalue weighted by molar-refractivity contribution is -0.115. The fourth-order valence-electron chi connectivity index (χ4n) is 1.96. The highest BCUT2D eigenvalue weighted by Crippen LogP contribution is 2.26. The summed E-state index contributed by atoms with van der Waals surface area (Å²) < 4.78 is 1.02. The maximum Gasteiger partial charge on any atom is 0.251 e. The highest BCUT2D eigenvalue weighted by atomic mass is 32.2. The van der Waals surface area contributed by atoms with Crippen molar-refractivity contribution < 1.29 is 4.79 Å². The maximum absolute atomic E-state index is 12.3. The molecular formula is C15H14N4O2S2. The second-order valence-corrected chi connectivity index (χ2v) is 7.29. The molecule has 0 saturated carbocycles.